The fraction of sp³-hybridized carbons (Fsp3) is 0.357. The summed E-state index contributed by atoms with van der Waals surface area (Å²) >= 11 is 6.15. The summed E-state index contributed by atoms with van der Waals surface area (Å²) in [5, 5.41) is 17.8. The highest BCUT2D eigenvalue weighted by Gasteiger charge is 2.14. The molecule has 0 amide bonds. The van der Waals surface area contributed by atoms with Crippen molar-refractivity contribution in [3.8, 4) is 6.07 Å². The van der Waals surface area contributed by atoms with E-state index in [1.54, 1.807) is 4.68 Å². The molecule has 0 bridgehead atoms. The summed E-state index contributed by atoms with van der Waals surface area (Å²) in [4.78, 5) is 0. The van der Waals surface area contributed by atoms with Crippen LogP contribution in [-0.2, 0) is 13.0 Å². The number of hydrogen-bond donors (Lipinski definition) is 0. The molecular weight excluding hydrogens is 260 g/mol. The predicted molar refractivity (Wildman–Crippen MR) is 73.8 cm³/mol. The Morgan fingerprint density at radius 3 is 2.74 bits per heavy atom. The summed E-state index contributed by atoms with van der Waals surface area (Å²) in [5.74, 6) is 0.440. The fourth-order valence-corrected chi connectivity index (χ4v) is 2.12. The molecule has 5 heteroatoms. The standard InChI is InChI=1S/C14H15ClN4/c1-10(2)7-14-13(8-16)17-18-19(14)9-11-5-3-4-6-12(11)15/h3-6,10H,7,9H2,1-2H3. The van der Waals surface area contributed by atoms with Crippen LogP contribution in [0.1, 0.15) is 30.8 Å². The topological polar surface area (TPSA) is 54.5 Å². The molecule has 0 aliphatic rings. The zero-order chi connectivity index (χ0) is 13.8. The Kier molecular flexibility index (Phi) is 4.18. The zero-order valence-corrected chi connectivity index (χ0v) is 11.7. The van der Waals surface area contributed by atoms with Crippen molar-refractivity contribution in [2.24, 2.45) is 5.92 Å². The highest BCUT2D eigenvalue weighted by molar-refractivity contribution is 6.31. The van der Waals surface area contributed by atoms with Crippen molar-refractivity contribution < 1.29 is 0 Å². The van der Waals surface area contributed by atoms with Crippen LogP contribution in [0.25, 0.3) is 0 Å². The molecule has 0 aliphatic carbocycles. The molecule has 2 aromatic rings. The molecule has 0 spiro atoms. The summed E-state index contributed by atoms with van der Waals surface area (Å²) in [6, 6.07) is 9.72. The maximum atomic E-state index is 9.07. The fourth-order valence-electron chi connectivity index (χ4n) is 1.92. The lowest BCUT2D eigenvalue weighted by Gasteiger charge is -2.09. The third kappa shape index (κ3) is 3.12. The van der Waals surface area contributed by atoms with Gasteiger partial charge in [0.2, 0.25) is 0 Å². The molecule has 2 rings (SSSR count). The normalized spacial score (nSPS) is 10.7. The quantitative estimate of drug-likeness (QED) is 0.861. The van der Waals surface area contributed by atoms with Gasteiger partial charge in [0.25, 0.3) is 0 Å². The molecule has 0 radical (unpaired) electrons. The minimum Gasteiger partial charge on any atom is -0.243 e. The van der Waals surface area contributed by atoms with Gasteiger partial charge in [-0.1, -0.05) is 48.9 Å². The molecule has 98 valence electrons. The Bertz CT molecular complexity index is 610. The van der Waals surface area contributed by atoms with E-state index < -0.39 is 0 Å². The Labute approximate surface area is 117 Å². The van der Waals surface area contributed by atoms with Crippen molar-refractivity contribution in [3.05, 3.63) is 46.2 Å². The molecular formula is C14H15ClN4. The summed E-state index contributed by atoms with van der Waals surface area (Å²) in [6.45, 7) is 4.75. The van der Waals surface area contributed by atoms with Crippen molar-refractivity contribution >= 4 is 11.6 Å². The van der Waals surface area contributed by atoms with Gasteiger partial charge in [0.1, 0.15) is 6.07 Å². The van der Waals surface area contributed by atoms with Crippen LogP contribution in [0.2, 0.25) is 5.02 Å². The van der Waals surface area contributed by atoms with Gasteiger partial charge in [0, 0.05) is 5.02 Å². The number of nitrogens with zero attached hydrogens (tertiary/aromatic N) is 4. The van der Waals surface area contributed by atoms with Gasteiger partial charge in [0.15, 0.2) is 5.69 Å². The average molecular weight is 275 g/mol. The van der Waals surface area contributed by atoms with Crippen molar-refractivity contribution in [3.63, 3.8) is 0 Å². The Morgan fingerprint density at radius 1 is 1.37 bits per heavy atom. The zero-order valence-electron chi connectivity index (χ0n) is 11.0. The van der Waals surface area contributed by atoms with Crippen LogP contribution in [0, 0.1) is 17.2 Å². The summed E-state index contributed by atoms with van der Waals surface area (Å²) in [6.07, 6.45) is 0.778. The second kappa shape index (κ2) is 5.85. The van der Waals surface area contributed by atoms with E-state index in [0.29, 0.717) is 23.2 Å². The van der Waals surface area contributed by atoms with E-state index in [1.807, 2.05) is 24.3 Å². The van der Waals surface area contributed by atoms with Gasteiger partial charge in [-0.15, -0.1) is 5.10 Å². The van der Waals surface area contributed by atoms with Crippen LogP contribution in [0.5, 0.6) is 0 Å². The second-order valence-electron chi connectivity index (χ2n) is 4.84. The first-order valence-corrected chi connectivity index (χ1v) is 6.55. The molecule has 0 saturated carbocycles. The lowest BCUT2D eigenvalue weighted by Crippen LogP contribution is -2.10. The van der Waals surface area contributed by atoms with Crippen LogP contribution < -0.4 is 0 Å². The van der Waals surface area contributed by atoms with Crippen molar-refractivity contribution in [1.82, 2.24) is 15.0 Å². The molecule has 1 aromatic heterocycles. The van der Waals surface area contributed by atoms with E-state index in [4.69, 9.17) is 16.9 Å². The minimum absolute atomic E-state index is 0.403. The van der Waals surface area contributed by atoms with Crippen molar-refractivity contribution in [2.75, 3.05) is 0 Å². The largest absolute Gasteiger partial charge is 0.243 e. The molecule has 19 heavy (non-hydrogen) atoms. The number of nitriles is 1. The van der Waals surface area contributed by atoms with E-state index in [2.05, 4.69) is 30.2 Å². The van der Waals surface area contributed by atoms with E-state index in [1.165, 1.54) is 0 Å². The SMILES string of the molecule is CC(C)Cc1c(C#N)nnn1Cc1ccccc1Cl. The van der Waals surface area contributed by atoms with Crippen LogP contribution in [0.4, 0.5) is 0 Å². The maximum Gasteiger partial charge on any atom is 0.185 e. The maximum absolute atomic E-state index is 9.07. The minimum atomic E-state index is 0.403. The van der Waals surface area contributed by atoms with E-state index in [0.717, 1.165) is 17.7 Å². The second-order valence-corrected chi connectivity index (χ2v) is 5.25. The highest BCUT2D eigenvalue weighted by Crippen LogP contribution is 2.18. The van der Waals surface area contributed by atoms with Gasteiger partial charge in [-0.25, -0.2) is 4.68 Å². The summed E-state index contributed by atoms with van der Waals surface area (Å²) in [7, 11) is 0. The number of rotatable bonds is 4. The van der Waals surface area contributed by atoms with Crippen LogP contribution >= 0.6 is 11.6 Å². The van der Waals surface area contributed by atoms with Gasteiger partial charge >= 0.3 is 0 Å². The Hall–Kier alpha value is -1.86. The van der Waals surface area contributed by atoms with Gasteiger partial charge in [-0.3, -0.25) is 0 Å². The first-order chi connectivity index (χ1) is 9.11. The third-order valence-corrected chi connectivity index (χ3v) is 3.19. The van der Waals surface area contributed by atoms with E-state index in [9.17, 15) is 0 Å². The summed E-state index contributed by atoms with van der Waals surface area (Å²) in [5.41, 5.74) is 2.25. The first kappa shape index (κ1) is 13.6. The predicted octanol–water partition coefficient (Wildman–Crippen LogP) is 3.05. The van der Waals surface area contributed by atoms with Gasteiger partial charge in [-0.2, -0.15) is 5.26 Å². The van der Waals surface area contributed by atoms with Crippen LogP contribution in [-0.4, -0.2) is 15.0 Å². The Balaban J connectivity index is 2.33. The molecule has 0 saturated heterocycles. The molecule has 4 nitrogen and oxygen atoms in total. The molecule has 0 aliphatic heterocycles. The monoisotopic (exact) mass is 274 g/mol. The lowest BCUT2D eigenvalue weighted by atomic mass is 10.1. The van der Waals surface area contributed by atoms with Gasteiger partial charge in [-0.05, 0) is 24.0 Å². The van der Waals surface area contributed by atoms with E-state index >= 15 is 0 Å². The average Bonchev–Trinajstić information content (AvgIpc) is 2.74. The molecule has 0 N–H and O–H groups in total. The van der Waals surface area contributed by atoms with Crippen LogP contribution in [0.15, 0.2) is 24.3 Å². The van der Waals surface area contributed by atoms with Gasteiger partial charge in [0.05, 0.1) is 12.2 Å². The Morgan fingerprint density at radius 2 is 2.11 bits per heavy atom. The van der Waals surface area contributed by atoms with Gasteiger partial charge < -0.3 is 0 Å². The van der Waals surface area contributed by atoms with Crippen molar-refractivity contribution in [2.45, 2.75) is 26.8 Å². The number of benzene rings is 1. The third-order valence-electron chi connectivity index (χ3n) is 2.82. The number of hydrogen-bond acceptors (Lipinski definition) is 3. The molecule has 0 fully saturated rings. The number of halogens is 1. The molecule has 0 unspecified atom stereocenters. The highest BCUT2D eigenvalue weighted by atomic mass is 35.5. The van der Waals surface area contributed by atoms with Crippen molar-refractivity contribution in [1.29, 1.82) is 5.26 Å². The molecule has 0 atom stereocenters. The summed E-state index contributed by atoms with van der Waals surface area (Å²) < 4.78 is 1.76. The molecule has 1 aromatic carbocycles. The smallest absolute Gasteiger partial charge is 0.185 e. The molecule has 1 heterocycles. The number of aromatic nitrogens is 3. The van der Waals surface area contributed by atoms with Crippen LogP contribution in [0.3, 0.4) is 0 Å². The van der Waals surface area contributed by atoms with E-state index in [-0.39, 0.29) is 0 Å². The first-order valence-electron chi connectivity index (χ1n) is 6.17. The lowest BCUT2D eigenvalue weighted by molar-refractivity contribution is 0.564.